The highest BCUT2D eigenvalue weighted by Gasteiger charge is 2.47. The van der Waals surface area contributed by atoms with E-state index in [4.69, 9.17) is 23.2 Å². The number of halogens is 2. The van der Waals surface area contributed by atoms with Crippen LogP contribution < -0.4 is 4.90 Å². The molecule has 0 aliphatic carbocycles. The number of aromatic hydroxyl groups is 1. The van der Waals surface area contributed by atoms with Gasteiger partial charge in [0, 0.05) is 21.3 Å². The number of carbonyl (C=O) groups is 2. The summed E-state index contributed by atoms with van der Waals surface area (Å²) in [7, 11) is 0. The van der Waals surface area contributed by atoms with E-state index in [1.807, 2.05) is 26.0 Å². The summed E-state index contributed by atoms with van der Waals surface area (Å²) in [6, 6.07) is 15.3. The molecule has 0 aromatic heterocycles. The van der Waals surface area contributed by atoms with Crippen LogP contribution in [0.25, 0.3) is 5.76 Å². The van der Waals surface area contributed by atoms with Crippen molar-refractivity contribution in [3.05, 3.63) is 98.5 Å². The predicted molar refractivity (Wildman–Crippen MR) is 125 cm³/mol. The fourth-order valence-corrected chi connectivity index (χ4v) is 4.40. The van der Waals surface area contributed by atoms with E-state index in [1.165, 1.54) is 35.2 Å². The van der Waals surface area contributed by atoms with Crippen LogP contribution in [0.5, 0.6) is 5.75 Å². The van der Waals surface area contributed by atoms with Gasteiger partial charge in [-0.1, -0.05) is 53.0 Å². The maximum absolute atomic E-state index is 13.2. The van der Waals surface area contributed by atoms with Crippen LogP contribution in [0.3, 0.4) is 0 Å². The average molecular weight is 468 g/mol. The third kappa shape index (κ3) is 3.85. The lowest BCUT2D eigenvalue weighted by Gasteiger charge is -2.26. The molecule has 1 saturated heterocycles. The zero-order chi connectivity index (χ0) is 23.2. The molecule has 162 valence electrons. The van der Waals surface area contributed by atoms with Crippen molar-refractivity contribution < 1.29 is 19.8 Å². The Kier molecular flexibility index (Phi) is 5.71. The second-order valence-corrected chi connectivity index (χ2v) is 8.58. The van der Waals surface area contributed by atoms with Crippen LogP contribution >= 0.6 is 23.2 Å². The van der Waals surface area contributed by atoms with Gasteiger partial charge in [0.15, 0.2) is 0 Å². The Morgan fingerprint density at radius 1 is 0.906 bits per heavy atom. The first kappa shape index (κ1) is 21.9. The number of Topliss-reactive ketones (excluding diaryl/α,β-unsaturated/α-hetero) is 1. The second-order valence-electron chi connectivity index (χ2n) is 7.71. The number of carbonyl (C=O) groups excluding carboxylic acids is 2. The summed E-state index contributed by atoms with van der Waals surface area (Å²) >= 11 is 12.3. The number of hydrogen-bond donors (Lipinski definition) is 2. The molecule has 1 atom stereocenters. The number of amides is 1. The van der Waals surface area contributed by atoms with Crippen molar-refractivity contribution in [3.63, 3.8) is 0 Å². The first-order chi connectivity index (χ1) is 15.2. The average Bonchev–Trinajstić information content (AvgIpc) is 3.00. The largest absolute Gasteiger partial charge is 0.508 e. The van der Waals surface area contributed by atoms with Crippen LogP contribution in [0, 0.1) is 13.8 Å². The zero-order valence-electron chi connectivity index (χ0n) is 17.3. The summed E-state index contributed by atoms with van der Waals surface area (Å²) < 4.78 is 0. The number of hydrogen-bond acceptors (Lipinski definition) is 4. The normalized spacial score (nSPS) is 17.8. The Morgan fingerprint density at radius 2 is 1.53 bits per heavy atom. The van der Waals surface area contributed by atoms with Crippen LogP contribution in [0.2, 0.25) is 10.0 Å². The number of aliphatic hydroxyl groups is 1. The molecule has 5 nitrogen and oxygen atoms in total. The van der Waals surface area contributed by atoms with E-state index in [1.54, 1.807) is 18.2 Å². The molecule has 3 aromatic carbocycles. The van der Waals surface area contributed by atoms with Crippen molar-refractivity contribution in [1.82, 2.24) is 0 Å². The van der Waals surface area contributed by atoms with Gasteiger partial charge in [-0.15, -0.1) is 0 Å². The molecular formula is C25H19Cl2NO4. The molecule has 2 N–H and O–H groups in total. The van der Waals surface area contributed by atoms with Gasteiger partial charge < -0.3 is 10.2 Å². The molecule has 0 spiro atoms. The Morgan fingerprint density at radius 3 is 2.16 bits per heavy atom. The van der Waals surface area contributed by atoms with Gasteiger partial charge in [0.2, 0.25) is 0 Å². The van der Waals surface area contributed by atoms with E-state index in [0.717, 1.165) is 11.1 Å². The van der Waals surface area contributed by atoms with Crippen molar-refractivity contribution in [2.75, 3.05) is 4.90 Å². The Labute approximate surface area is 195 Å². The van der Waals surface area contributed by atoms with Crippen LogP contribution in [-0.2, 0) is 9.59 Å². The summed E-state index contributed by atoms with van der Waals surface area (Å²) in [5, 5.41) is 21.6. The molecule has 1 aliphatic rings. The zero-order valence-corrected chi connectivity index (χ0v) is 18.8. The molecule has 7 heteroatoms. The van der Waals surface area contributed by atoms with Gasteiger partial charge in [0.1, 0.15) is 11.5 Å². The smallest absolute Gasteiger partial charge is 0.300 e. The molecule has 32 heavy (non-hydrogen) atoms. The lowest BCUT2D eigenvalue weighted by atomic mass is 9.93. The fraction of sp³-hybridized carbons (Fsp3) is 0.120. The predicted octanol–water partition coefficient (Wildman–Crippen LogP) is 5.94. The summed E-state index contributed by atoms with van der Waals surface area (Å²) in [5.41, 5.74) is 2.93. The van der Waals surface area contributed by atoms with Crippen LogP contribution in [0.1, 0.15) is 28.3 Å². The van der Waals surface area contributed by atoms with E-state index in [9.17, 15) is 19.8 Å². The van der Waals surface area contributed by atoms with Crippen molar-refractivity contribution in [1.29, 1.82) is 0 Å². The van der Waals surface area contributed by atoms with Crippen molar-refractivity contribution in [2.45, 2.75) is 19.9 Å². The Bertz CT molecular complexity index is 1260. The maximum atomic E-state index is 13.2. The van der Waals surface area contributed by atoms with E-state index < -0.39 is 17.7 Å². The number of aliphatic hydroxyl groups excluding tert-OH is 1. The highest BCUT2D eigenvalue weighted by atomic mass is 35.5. The minimum atomic E-state index is -0.940. The summed E-state index contributed by atoms with van der Waals surface area (Å²) in [4.78, 5) is 27.6. The molecule has 1 amide bonds. The molecule has 3 aromatic rings. The SMILES string of the molecule is Cc1ccc(C)c(/C(O)=C2\C(=O)C(=O)N(c3cc(Cl)cc(Cl)c3)C2c2ccc(O)cc2)c1. The van der Waals surface area contributed by atoms with Gasteiger partial charge in [-0.2, -0.15) is 0 Å². The number of rotatable bonds is 3. The van der Waals surface area contributed by atoms with Gasteiger partial charge in [0.25, 0.3) is 11.7 Å². The quantitative estimate of drug-likeness (QED) is 0.283. The van der Waals surface area contributed by atoms with E-state index in [2.05, 4.69) is 0 Å². The highest BCUT2D eigenvalue weighted by Crippen LogP contribution is 2.43. The highest BCUT2D eigenvalue weighted by molar-refractivity contribution is 6.52. The number of phenols is 1. The fourth-order valence-electron chi connectivity index (χ4n) is 3.89. The molecule has 0 saturated carbocycles. The third-order valence-electron chi connectivity index (χ3n) is 5.43. The van der Waals surface area contributed by atoms with Crippen LogP contribution in [0.4, 0.5) is 5.69 Å². The van der Waals surface area contributed by atoms with E-state index >= 15 is 0 Å². The molecule has 0 radical (unpaired) electrons. The summed E-state index contributed by atoms with van der Waals surface area (Å²) in [5.74, 6) is -1.87. The van der Waals surface area contributed by atoms with Gasteiger partial charge in [-0.25, -0.2) is 0 Å². The lowest BCUT2D eigenvalue weighted by molar-refractivity contribution is -0.132. The number of nitrogens with zero attached hydrogens (tertiary/aromatic N) is 1. The van der Waals surface area contributed by atoms with Crippen molar-refractivity contribution in [3.8, 4) is 5.75 Å². The van der Waals surface area contributed by atoms with E-state index in [0.29, 0.717) is 26.9 Å². The third-order valence-corrected chi connectivity index (χ3v) is 5.86. The van der Waals surface area contributed by atoms with E-state index in [-0.39, 0.29) is 17.1 Å². The van der Waals surface area contributed by atoms with Crippen molar-refractivity contribution >= 4 is 46.3 Å². The minimum Gasteiger partial charge on any atom is -0.508 e. The standard InChI is InChI=1S/C25H19Cl2NO4/c1-13-3-4-14(2)20(9-13)23(30)21-22(15-5-7-19(29)8-6-15)28(25(32)24(21)31)18-11-16(26)10-17(27)12-18/h3-12,22,29-30H,1-2H3/b23-21+. The van der Waals surface area contributed by atoms with Gasteiger partial charge >= 0.3 is 0 Å². The monoisotopic (exact) mass is 467 g/mol. The number of phenolic OH excluding ortho intramolecular Hbond substituents is 1. The van der Waals surface area contributed by atoms with Gasteiger partial charge in [-0.3, -0.25) is 14.5 Å². The number of aryl methyl sites for hydroxylation is 2. The van der Waals surface area contributed by atoms with Crippen molar-refractivity contribution in [2.24, 2.45) is 0 Å². The molecule has 4 rings (SSSR count). The Hall–Kier alpha value is -3.28. The minimum absolute atomic E-state index is 0.0334. The number of benzene rings is 3. The number of ketones is 1. The topological polar surface area (TPSA) is 77.8 Å². The molecule has 0 bridgehead atoms. The number of anilines is 1. The molecular weight excluding hydrogens is 449 g/mol. The van der Waals surface area contributed by atoms with Crippen LogP contribution in [-0.4, -0.2) is 21.9 Å². The second kappa shape index (κ2) is 8.34. The summed E-state index contributed by atoms with van der Waals surface area (Å²) in [6.45, 7) is 3.69. The Balaban J connectivity index is 2.00. The summed E-state index contributed by atoms with van der Waals surface area (Å²) in [6.07, 6.45) is 0. The molecule has 1 fully saturated rings. The molecule has 1 heterocycles. The van der Waals surface area contributed by atoms with Gasteiger partial charge in [0.05, 0.1) is 11.6 Å². The first-order valence-electron chi connectivity index (χ1n) is 9.81. The maximum Gasteiger partial charge on any atom is 0.300 e. The first-order valence-corrected chi connectivity index (χ1v) is 10.6. The van der Waals surface area contributed by atoms with Gasteiger partial charge in [-0.05, 0) is 61.4 Å². The molecule has 1 aliphatic heterocycles. The lowest BCUT2D eigenvalue weighted by Crippen LogP contribution is -2.29. The van der Waals surface area contributed by atoms with Crippen LogP contribution in [0.15, 0.2) is 66.2 Å². The molecule has 1 unspecified atom stereocenters.